The molecule has 5 heterocycles. The van der Waals surface area contributed by atoms with Crippen LogP contribution in [0.5, 0.6) is 0 Å². The lowest BCUT2D eigenvalue weighted by Crippen LogP contribution is -2.65. The van der Waals surface area contributed by atoms with Crippen molar-refractivity contribution < 1.29 is 209 Å². The maximum atomic E-state index is 15.1. The van der Waals surface area contributed by atoms with Crippen molar-refractivity contribution in [3.8, 4) is 0 Å². The van der Waals surface area contributed by atoms with Crippen molar-refractivity contribution in [1.82, 2.24) is 10.6 Å². The van der Waals surface area contributed by atoms with Gasteiger partial charge in [-0.15, -0.1) is 0 Å². The predicted molar refractivity (Wildman–Crippen MR) is 516 cm³/mol. The van der Waals surface area contributed by atoms with E-state index in [1.54, 1.807) is 0 Å². The predicted octanol–water partition coefficient (Wildman–Crippen LogP) is -5.08. The Morgan fingerprint density at radius 1 is 0.315 bits per heavy atom. The number of ether oxygens (including phenoxy) is 13. The highest BCUT2D eigenvalue weighted by atomic mass is 16.8. The van der Waals surface area contributed by atoms with Crippen molar-refractivity contribution in [2.24, 2.45) is 122 Å². The Morgan fingerprint density at radius 3 is 1.05 bits per heavy atom. The lowest BCUT2D eigenvalue weighted by Gasteiger charge is -2.61. The average molecular weight is 2140 g/mol. The minimum atomic E-state index is -2.09. The summed E-state index contributed by atoms with van der Waals surface area (Å²) in [7, 11) is 0. The van der Waals surface area contributed by atoms with Gasteiger partial charge in [0.15, 0.2) is 31.5 Å². The maximum Gasteiger partial charge on any atom is 0.220 e. The van der Waals surface area contributed by atoms with Crippen LogP contribution in [-0.4, -0.2) is 462 Å². The van der Waals surface area contributed by atoms with Crippen molar-refractivity contribution >= 4 is 11.8 Å². The summed E-state index contributed by atoms with van der Waals surface area (Å²) in [6, 6.07) is 0. The van der Waals surface area contributed by atoms with Crippen LogP contribution in [0.15, 0.2) is 0 Å². The van der Waals surface area contributed by atoms with Crippen LogP contribution in [0.1, 0.15) is 209 Å². The molecule has 0 aromatic heterocycles. The van der Waals surface area contributed by atoms with Gasteiger partial charge in [0.2, 0.25) is 11.8 Å². The first kappa shape index (κ1) is 119. The molecule has 35 unspecified atom stereocenters. The number of aliphatic hydroxyl groups is 27. The molecule has 2 amide bonds. The van der Waals surface area contributed by atoms with Crippen LogP contribution in [0.4, 0.5) is 0 Å². The molecule has 149 heavy (non-hydrogen) atoms. The van der Waals surface area contributed by atoms with Crippen molar-refractivity contribution in [3.63, 3.8) is 0 Å². The van der Waals surface area contributed by atoms with Gasteiger partial charge in [0.05, 0.1) is 107 Å². The largest absolute Gasteiger partial charge is 0.396 e. The molecule has 44 nitrogen and oxygen atoms in total. The molecule has 0 aromatic rings. The van der Waals surface area contributed by atoms with E-state index in [4.69, 9.17) is 61.6 Å². The van der Waals surface area contributed by atoms with Crippen molar-refractivity contribution in [1.29, 1.82) is 0 Å². The average Bonchev–Trinajstić information content (AvgIpc) is 1.65. The van der Waals surface area contributed by atoms with Gasteiger partial charge in [0.1, 0.15) is 146 Å². The van der Waals surface area contributed by atoms with Gasteiger partial charge < -0.3 is 210 Å². The van der Waals surface area contributed by atoms with E-state index in [2.05, 4.69) is 52.2 Å². The Kier molecular flexibility index (Phi) is 39.4. The smallest absolute Gasteiger partial charge is 0.220 e. The van der Waals surface area contributed by atoms with Crippen molar-refractivity contribution in [3.05, 3.63) is 0 Å². The minimum absolute atomic E-state index is 0.00498. The van der Waals surface area contributed by atoms with Gasteiger partial charge >= 0.3 is 0 Å². The van der Waals surface area contributed by atoms with E-state index in [-0.39, 0.29) is 95.7 Å². The highest BCUT2D eigenvalue weighted by Gasteiger charge is 2.66. The lowest BCUT2D eigenvalue weighted by molar-refractivity contribution is -0.364. The quantitative estimate of drug-likeness (QED) is 0.0257. The minimum Gasteiger partial charge on any atom is -0.396 e. The Bertz CT molecular complexity index is 3960. The summed E-state index contributed by atoms with van der Waals surface area (Å²) in [6.07, 6.45) is -40.5. The number of hydrogen-bond acceptors (Lipinski definition) is 42. The second-order valence-corrected chi connectivity index (χ2v) is 49.4. The molecule has 5 saturated heterocycles. The number of fused-ring (bicyclic) bond motifs is 10. The highest BCUT2D eigenvalue weighted by molar-refractivity contribution is 5.76. The highest BCUT2D eigenvalue weighted by Crippen LogP contribution is 2.71. The molecular weight excluding hydrogens is 1960 g/mol. The van der Waals surface area contributed by atoms with Crippen molar-refractivity contribution in [2.45, 2.75) is 442 Å². The van der Waals surface area contributed by atoms with E-state index in [0.717, 1.165) is 103 Å². The van der Waals surface area contributed by atoms with Gasteiger partial charge in [0, 0.05) is 69.4 Å². The summed E-state index contributed by atoms with van der Waals surface area (Å²) in [5.74, 6) is 0.146. The third kappa shape index (κ3) is 23.7. The van der Waals surface area contributed by atoms with Gasteiger partial charge in [-0.1, -0.05) is 48.5 Å². The fraction of sp³-hybridized carbons (Fsp3) is 0.981. The summed E-state index contributed by atoms with van der Waals surface area (Å²) in [4.78, 5) is 30.2. The topological polar surface area (TPSA) is 724 Å². The maximum absolute atomic E-state index is 15.1. The molecule has 16 rings (SSSR count). The Morgan fingerprint density at radius 2 is 0.651 bits per heavy atom. The van der Waals surface area contributed by atoms with Crippen LogP contribution in [0.25, 0.3) is 0 Å². The zero-order valence-corrected chi connectivity index (χ0v) is 87.0. The molecule has 5 aliphatic heterocycles. The normalized spacial score (nSPS) is 51.4. The van der Waals surface area contributed by atoms with Gasteiger partial charge in [-0.25, -0.2) is 0 Å². The van der Waals surface area contributed by atoms with Crippen LogP contribution >= 0.6 is 0 Å². The van der Waals surface area contributed by atoms with Crippen LogP contribution in [0.3, 0.4) is 0 Å². The number of hydrogen-bond donors (Lipinski definition) is 29. The third-order valence-corrected chi connectivity index (χ3v) is 41.3. The van der Waals surface area contributed by atoms with Gasteiger partial charge in [0.25, 0.3) is 0 Å². The molecule has 59 atom stereocenters. The molecular formula is C105H178N2O42. The van der Waals surface area contributed by atoms with Crippen LogP contribution in [0, 0.1) is 122 Å². The molecule has 860 valence electrons. The number of rotatable bonds is 38. The second-order valence-electron chi connectivity index (χ2n) is 49.4. The SMILES string of the molecule is CC(CCC(=O)NCC(CNC(=O)CCC(C)C1CCC2C3CCC4CC(O[C@@H]5CC(CO)[C@@H](O[C@H]6CC(CO)[C@@H](O)[C@H](O)C6O)[C@H](O)C5C)CCC4(C)C3CCC12C)(CO[C@@H]1OC(CO)[C@@H](O[C@H]2CC(CO)[C@@H](O)[C@H](O)C2O)[C@H](O)C1O)CO[C@H]1OC(CO)[C@H](O[C@@H]2OC(CO)[C@H](O)C(O)[C@H]2O)C(O)[C@H]1O)C1CCC2C3CCC4CC(O[C@H]5OC(CO)[C@H](O[C@@H]6OC(CO)[C@H](O)C(O)[C@H]6O)C(O)[C@H]5O)CCC4(C)C3CCC12C. The molecule has 16 fully saturated rings. The zero-order valence-electron chi connectivity index (χ0n) is 87.0. The fourth-order valence-electron chi connectivity index (χ4n) is 32.1. The van der Waals surface area contributed by atoms with E-state index in [0.29, 0.717) is 73.5 Å². The van der Waals surface area contributed by atoms with Gasteiger partial charge in [-0.05, 0) is 240 Å². The molecule has 11 aliphatic carbocycles. The standard InChI is InChI=1S/C105H178N2O42/c1-45(57-14-16-59-55-12-10-51-31-53(20-24-101(51,4)61(55)22-26-103(57,59)6)139-63-30-50(35-110)92(73(118)47(63)3)141-64-28-48(33-108)74(119)80(125)76(64)121)8-18-71(116)106-41-105(43-137-96-89(134)84(129)93(68(38-113)145-96)142-65-29-49(34-109)75(120)81(126)77(65)122,44-138-97-90(135)85(130)94(69(39-114)146-97)148-99-87(132)82(127)78(123)66(36-111)143-99)42-107-72(117)19-9-46(2)58-15-17-60-56-13-11-52-32-54(21-25-102(52,5)62(56)23-27-104(58,60)7)140-98-91(136)86(131)95(70(40-115)147-98)149-100-88(133)83(128)79(124)67(37-112)144-100/h45-70,73-100,108-115,118-136H,8-44H2,1-7H3,(H,106,116)(H,107,117)/t45?,46?,47?,48?,49?,50?,51?,52?,53?,54?,55?,56?,57?,58?,59?,60?,61?,62?,63-,64+,65+,66?,67?,68?,69?,70?,73-,74-,75-,76?,77?,78+,79+,80+,81+,82?,83?,84-,85?,86?,87-,88-,89?,90-,91-,92-,93-,94+,95+,96-,97+,98+,99+,100+,101?,102?,103?,104?,105?/m1/s1. The molecule has 0 aromatic carbocycles. The summed E-state index contributed by atoms with van der Waals surface area (Å²) >= 11 is 0. The number of amides is 2. The third-order valence-electron chi connectivity index (χ3n) is 41.3. The molecule has 44 heteroatoms. The first-order valence-corrected chi connectivity index (χ1v) is 55.6. The first-order chi connectivity index (χ1) is 70.8. The molecule has 0 spiro atoms. The van der Waals surface area contributed by atoms with E-state index >= 15 is 9.59 Å². The molecule has 29 N–H and O–H groups in total. The summed E-state index contributed by atoms with van der Waals surface area (Å²) in [5, 5.41) is 301. The van der Waals surface area contributed by atoms with E-state index in [1.165, 1.54) is 0 Å². The van der Waals surface area contributed by atoms with E-state index in [1.807, 2.05) is 6.92 Å². The second kappa shape index (κ2) is 49.5. The molecule has 0 bridgehead atoms. The number of carbonyl (C=O) groups excluding carboxylic acids is 2. The molecule has 16 aliphatic rings. The Hall–Kier alpha value is -2.66. The Balaban J connectivity index is 0.588. The lowest BCUT2D eigenvalue weighted by atomic mass is 9.44. The number of aliphatic hydroxyl groups excluding tert-OH is 27. The van der Waals surface area contributed by atoms with Crippen LogP contribution < -0.4 is 10.6 Å². The van der Waals surface area contributed by atoms with E-state index < -0.39 is 334 Å². The molecule has 11 saturated carbocycles. The Labute approximate surface area is 870 Å². The van der Waals surface area contributed by atoms with Gasteiger partial charge in [-0.2, -0.15) is 0 Å². The summed E-state index contributed by atoms with van der Waals surface area (Å²) in [5.41, 5.74) is -1.92. The van der Waals surface area contributed by atoms with Gasteiger partial charge in [-0.3, -0.25) is 9.59 Å². The van der Waals surface area contributed by atoms with E-state index in [9.17, 15) is 138 Å². The number of nitrogens with one attached hydrogen (secondary N) is 2. The van der Waals surface area contributed by atoms with Crippen LogP contribution in [-0.2, 0) is 71.2 Å². The summed E-state index contributed by atoms with van der Waals surface area (Å²) in [6.45, 7) is 8.30. The zero-order chi connectivity index (χ0) is 108. The molecule has 0 radical (unpaired) electrons. The number of carbonyl (C=O) groups is 2. The summed E-state index contributed by atoms with van der Waals surface area (Å²) < 4.78 is 80.3. The first-order valence-electron chi connectivity index (χ1n) is 55.6. The van der Waals surface area contributed by atoms with Crippen molar-refractivity contribution in [2.75, 3.05) is 79.2 Å². The fourth-order valence-corrected chi connectivity index (χ4v) is 32.1. The van der Waals surface area contributed by atoms with Crippen LogP contribution in [0.2, 0.25) is 0 Å². The monoisotopic (exact) mass is 2140 g/mol.